The highest BCUT2D eigenvalue weighted by Crippen LogP contribution is 2.35. The minimum absolute atomic E-state index is 0.665. The summed E-state index contributed by atoms with van der Waals surface area (Å²) in [4.78, 5) is 0. The molecule has 0 radical (unpaired) electrons. The van der Waals surface area contributed by atoms with Gasteiger partial charge >= 0.3 is 0 Å². The highest BCUT2D eigenvalue weighted by atomic mass is 14.8. The van der Waals surface area contributed by atoms with E-state index in [1.807, 2.05) is 20.9 Å². The Bertz CT molecular complexity index is 651. The van der Waals surface area contributed by atoms with Crippen LogP contribution in [0, 0.1) is 19.8 Å². The molecule has 1 nitrogen and oxygen atoms in total. The van der Waals surface area contributed by atoms with Crippen LogP contribution >= 0.6 is 0 Å². The van der Waals surface area contributed by atoms with Crippen LogP contribution < -0.4 is 5.32 Å². The summed E-state index contributed by atoms with van der Waals surface area (Å²) in [5.41, 5.74) is 7.01. The Morgan fingerprint density at radius 2 is 1.37 bits per heavy atom. The fourth-order valence-corrected chi connectivity index (χ4v) is 4.10. The lowest BCUT2D eigenvalue weighted by molar-refractivity contribution is 0.379. The second-order valence-electron chi connectivity index (χ2n) is 8.13. The Kier molecular flexibility index (Phi) is 16.0. The van der Waals surface area contributed by atoms with Gasteiger partial charge in [-0.05, 0) is 54.9 Å². The van der Waals surface area contributed by atoms with Crippen molar-refractivity contribution in [3.05, 3.63) is 64.7 Å². The van der Waals surface area contributed by atoms with Crippen LogP contribution in [0.2, 0.25) is 0 Å². The number of benzene rings is 2. The molecule has 1 atom stereocenters. The Morgan fingerprint density at radius 3 is 1.83 bits per heavy atom. The number of rotatable bonds is 9. The smallest absolute Gasteiger partial charge is 0.0370 e. The highest BCUT2D eigenvalue weighted by molar-refractivity contribution is 5.54. The number of nitrogens with one attached hydrogen (secondary N) is 1. The van der Waals surface area contributed by atoms with E-state index in [0.717, 1.165) is 5.92 Å². The van der Waals surface area contributed by atoms with Gasteiger partial charge in [0.05, 0.1) is 0 Å². The first-order valence-electron chi connectivity index (χ1n) is 12.3. The molecule has 0 aromatic heterocycles. The average Bonchev–Trinajstić information content (AvgIpc) is 2.77. The maximum Gasteiger partial charge on any atom is 0.0370 e. The van der Waals surface area contributed by atoms with E-state index in [1.54, 1.807) is 0 Å². The second-order valence-corrected chi connectivity index (χ2v) is 8.13. The van der Waals surface area contributed by atoms with Crippen molar-refractivity contribution in [1.29, 1.82) is 0 Å². The van der Waals surface area contributed by atoms with Crippen LogP contribution in [-0.4, -0.2) is 7.05 Å². The Hall–Kier alpha value is -1.76. The van der Waals surface area contributed by atoms with Gasteiger partial charge in [-0.15, -0.1) is 0 Å². The van der Waals surface area contributed by atoms with Crippen LogP contribution in [0.15, 0.2) is 42.5 Å². The average molecular weight is 412 g/mol. The molecule has 1 unspecified atom stereocenters. The summed E-state index contributed by atoms with van der Waals surface area (Å²) in [6.07, 6.45) is 7.72. The number of aryl methyl sites for hydroxylation is 2. The van der Waals surface area contributed by atoms with Gasteiger partial charge in [-0.2, -0.15) is 0 Å². The van der Waals surface area contributed by atoms with Crippen molar-refractivity contribution in [2.24, 2.45) is 5.92 Å². The van der Waals surface area contributed by atoms with E-state index in [1.165, 1.54) is 66.5 Å². The second kappa shape index (κ2) is 17.0. The zero-order chi connectivity index (χ0) is 22.9. The third-order valence-electron chi connectivity index (χ3n) is 5.82. The molecule has 1 heteroatoms. The fraction of sp³-hybridized carbons (Fsp3) is 0.586. The quantitative estimate of drug-likeness (QED) is 0.433. The molecule has 0 fully saturated rings. The first-order chi connectivity index (χ1) is 14.5. The van der Waals surface area contributed by atoms with Gasteiger partial charge in [0.2, 0.25) is 0 Å². The minimum Gasteiger partial charge on any atom is -0.388 e. The molecule has 30 heavy (non-hydrogen) atoms. The predicted octanol–water partition coefficient (Wildman–Crippen LogP) is 9.33. The normalized spacial score (nSPS) is 11.1. The van der Waals surface area contributed by atoms with Crippen molar-refractivity contribution in [2.75, 3.05) is 12.4 Å². The predicted molar refractivity (Wildman–Crippen MR) is 139 cm³/mol. The summed E-state index contributed by atoms with van der Waals surface area (Å²) < 4.78 is 0. The number of anilines is 1. The van der Waals surface area contributed by atoms with Crippen LogP contribution in [0.5, 0.6) is 0 Å². The highest BCUT2D eigenvalue weighted by Gasteiger charge is 2.19. The zero-order valence-corrected chi connectivity index (χ0v) is 21.4. The van der Waals surface area contributed by atoms with Gasteiger partial charge in [-0.1, -0.05) is 116 Å². The summed E-state index contributed by atoms with van der Waals surface area (Å²) in [5, 5.41) is 3.29. The molecular formula is C29H49N. The molecule has 0 amide bonds. The molecule has 0 aliphatic carbocycles. The van der Waals surface area contributed by atoms with E-state index in [4.69, 9.17) is 0 Å². The van der Waals surface area contributed by atoms with Crippen LogP contribution in [0.25, 0.3) is 0 Å². The molecule has 0 heterocycles. The maximum atomic E-state index is 3.29. The summed E-state index contributed by atoms with van der Waals surface area (Å²) >= 11 is 0. The largest absolute Gasteiger partial charge is 0.388 e. The summed E-state index contributed by atoms with van der Waals surface area (Å²) in [6.45, 7) is 17.6. The monoisotopic (exact) mass is 411 g/mol. The Labute approximate surface area is 188 Å². The lowest BCUT2D eigenvalue weighted by Gasteiger charge is -2.26. The van der Waals surface area contributed by atoms with Crippen molar-refractivity contribution in [1.82, 2.24) is 0 Å². The molecule has 2 aromatic rings. The number of hydrogen-bond donors (Lipinski definition) is 1. The third kappa shape index (κ3) is 9.83. The molecule has 1 N–H and O–H groups in total. The Balaban J connectivity index is 0.000000590. The van der Waals surface area contributed by atoms with E-state index in [-0.39, 0.29) is 0 Å². The zero-order valence-electron chi connectivity index (χ0n) is 21.4. The van der Waals surface area contributed by atoms with Crippen molar-refractivity contribution in [3.63, 3.8) is 0 Å². The summed E-state index contributed by atoms with van der Waals surface area (Å²) in [5.74, 6) is 1.49. The van der Waals surface area contributed by atoms with Gasteiger partial charge < -0.3 is 5.32 Å². The lowest BCUT2D eigenvalue weighted by atomic mass is 9.80. The first kappa shape index (κ1) is 28.2. The topological polar surface area (TPSA) is 12.0 Å². The van der Waals surface area contributed by atoms with Crippen molar-refractivity contribution in [3.8, 4) is 0 Å². The molecule has 0 spiro atoms. The van der Waals surface area contributed by atoms with E-state index in [9.17, 15) is 0 Å². The van der Waals surface area contributed by atoms with Gasteiger partial charge in [0.1, 0.15) is 0 Å². The number of hydrogen-bond acceptors (Lipinski definition) is 1. The van der Waals surface area contributed by atoms with Gasteiger partial charge in [-0.25, -0.2) is 0 Å². The molecule has 0 aliphatic heterocycles. The van der Waals surface area contributed by atoms with Crippen molar-refractivity contribution in [2.45, 2.75) is 99.8 Å². The fourth-order valence-electron chi connectivity index (χ4n) is 4.10. The van der Waals surface area contributed by atoms with Crippen molar-refractivity contribution >= 4 is 5.69 Å². The molecule has 2 rings (SSSR count). The molecule has 2 aromatic carbocycles. The molecule has 0 saturated carbocycles. The third-order valence-corrected chi connectivity index (χ3v) is 5.82. The van der Waals surface area contributed by atoms with Crippen LogP contribution in [0.3, 0.4) is 0 Å². The van der Waals surface area contributed by atoms with E-state index < -0.39 is 0 Å². The molecular weight excluding hydrogens is 362 g/mol. The van der Waals surface area contributed by atoms with Gasteiger partial charge in [0.15, 0.2) is 0 Å². The van der Waals surface area contributed by atoms with Crippen LogP contribution in [0.1, 0.15) is 102 Å². The van der Waals surface area contributed by atoms with Gasteiger partial charge in [-0.3, -0.25) is 0 Å². The summed E-state index contributed by atoms with van der Waals surface area (Å²) in [6, 6.07) is 15.4. The standard InChI is InChI=1S/C17H29N.C10H14.C2H6/c1-6-9-15(10-7-2)13(3)16-11-8-12-17(18-5)14(16)4;1-3-4-10-7-5-9(2)6-8-10;1-2/h8,11-13,15,18H,6-7,9-10H2,1-5H3;5-8H,3-4H2,1-2H3;1-2H3. The van der Waals surface area contributed by atoms with Gasteiger partial charge in [0.25, 0.3) is 0 Å². The van der Waals surface area contributed by atoms with Crippen molar-refractivity contribution < 1.29 is 0 Å². The van der Waals surface area contributed by atoms with Crippen LogP contribution in [0.4, 0.5) is 5.69 Å². The molecule has 0 bridgehead atoms. The Morgan fingerprint density at radius 1 is 0.800 bits per heavy atom. The molecule has 0 saturated heterocycles. The van der Waals surface area contributed by atoms with Crippen LogP contribution in [-0.2, 0) is 6.42 Å². The molecule has 170 valence electrons. The SMILES string of the molecule is CC.CCCC(CCC)C(C)c1cccc(NC)c1C.CCCc1ccc(C)cc1. The first-order valence-corrected chi connectivity index (χ1v) is 12.3. The molecule has 0 aliphatic rings. The van der Waals surface area contributed by atoms with E-state index in [2.05, 4.69) is 89.3 Å². The lowest BCUT2D eigenvalue weighted by Crippen LogP contribution is -2.12. The maximum absolute atomic E-state index is 3.29. The summed E-state index contributed by atoms with van der Waals surface area (Å²) in [7, 11) is 2.01. The van der Waals surface area contributed by atoms with E-state index >= 15 is 0 Å². The van der Waals surface area contributed by atoms with E-state index in [0.29, 0.717) is 5.92 Å². The minimum atomic E-state index is 0.665. The van der Waals surface area contributed by atoms with Gasteiger partial charge in [0, 0.05) is 12.7 Å².